The summed E-state index contributed by atoms with van der Waals surface area (Å²) >= 11 is 0. The maximum atomic E-state index is 9.08. The Balaban J connectivity index is 0. The molecule has 0 aliphatic heterocycles. The minimum absolute atomic E-state index is 0. The molecule has 0 atom stereocenters. The predicted octanol–water partition coefficient (Wildman–Crippen LogP) is -0.192. The first-order valence-electron chi connectivity index (χ1n) is 7.91. The van der Waals surface area contributed by atoms with E-state index in [2.05, 4.69) is 28.1 Å². The van der Waals surface area contributed by atoms with Gasteiger partial charge in [0.05, 0.1) is 27.7 Å². The summed E-state index contributed by atoms with van der Waals surface area (Å²) in [7, 11) is 6.72. The van der Waals surface area contributed by atoms with E-state index < -0.39 is 0 Å². The Bertz CT molecular complexity index is 209. The zero-order valence-corrected chi connectivity index (χ0v) is 15.6. The Hall–Kier alpha value is 0.360. The van der Waals surface area contributed by atoms with E-state index in [1.54, 1.807) is 0 Å². The topological polar surface area (TPSA) is 40.5 Å². The van der Waals surface area contributed by atoms with Crippen molar-refractivity contribution in [2.45, 2.75) is 58.3 Å². The van der Waals surface area contributed by atoms with Crippen molar-refractivity contribution in [3.63, 3.8) is 0 Å². The van der Waals surface area contributed by atoms with E-state index in [0.717, 1.165) is 36.6 Å². The van der Waals surface area contributed by atoms with Crippen LogP contribution >= 0.6 is 0 Å². The zero-order chi connectivity index (χ0) is 14.8. The Morgan fingerprint density at radius 1 is 0.800 bits per heavy atom. The second-order valence-corrected chi connectivity index (χ2v) is 6.98. The number of quaternary nitrogens is 1. The lowest BCUT2D eigenvalue weighted by molar-refractivity contribution is -0.870. The molecule has 0 unspecified atom stereocenters. The molecule has 0 aromatic heterocycles. The minimum atomic E-state index is 0. The molecule has 0 bridgehead atoms. The number of halogens is 1. The molecular formula is C16H36BrNO2. The van der Waals surface area contributed by atoms with Gasteiger partial charge in [-0.2, -0.15) is 0 Å². The first kappa shape index (κ1) is 22.6. The average Bonchev–Trinajstić information content (AvgIpc) is 2.36. The van der Waals surface area contributed by atoms with Crippen LogP contribution in [0.1, 0.15) is 58.3 Å². The van der Waals surface area contributed by atoms with Crippen LogP contribution < -0.4 is 17.0 Å². The van der Waals surface area contributed by atoms with Gasteiger partial charge in [0.1, 0.15) is 0 Å². The zero-order valence-electron chi connectivity index (χ0n) is 14.0. The molecular weight excluding hydrogens is 318 g/mol. The molecule has 0 saturated heterocycles. The molecule has 0 heterocycles. The normalized spacial score (nSPS) is 12.3. The van der Waals surface area contributed by atoms with E-state index >= 15 is 0 Å². The van der Waals surface area contributed by atoms with Crippen molar-refractivity contribution in [3.8, 4) is 0 Å². The highest BCUT2D eigenvalue weighted by molar-refractivity contribution is 4.78. The molecule has 0 saturated carbocycles. The minimum Gasteiger partial charge on any atom is -1.00 e. The molecule has 124 valence electrons. The maximum Gasteiger partial charge on any atom is 0.0780 e. The number of rotatable bonds is 12. The van der Waals surface area contributed by atoms with Gasteiger partial charge in [0.15, 0.2) is 0 Å². The van der Waals surface area contributed by atoms with Gasteiger partial charge in [0.2, 0.25) is 0 Å². The molecule has 0 aliphatic carbocycles. The molecule has 0 aliphatic rings. The van der Waals surface area contributed by atoms with Crippen molar-refractivity contribution < 1.29 is 31.7 Å². The summed E-state index contributed by atoms with van der Waals surface area (Å²) < 4.78 is 1.03. The standard InChI is InChI=1S/C16H36NO2.BrH/c1-5-16(11-8-14-18,12-9-15-19)10-6-7-13-17(2,3)4;/h18-19H,5-15H2,1-4H3;1H/q+1;/p-1. The van der Waals surface area contributed by atoms with Gasteiger partial charge in [-0.25, -0.2) is 0 Å². The van der Waals surface area contributed by atoms with Crippen LogP contribution in [0, 0.1) is 5.41 Å². The van der Waals surface area contributed by atoms with Gasteiger partial charge in [0.25, 0.3) is 0 Å². The van der Waals surface area contributed by atoms with E-state index in [1.165, 1.54) is 25.8 Å². The monoisotopic (exact) mass is 353 g/mol. The largest absolute Gasteiger partial charge is 1.00 e. The highest BCUT2D eigenvalue weighted by Gasteiger charge is 2.26. The molecule has 0 rings (SSSR count). The molecule has 0 fully saturated rings. The van der Waals surface area contributed by atoms with Crippen LogP contribution in [0.25, 0.3) is 0 Å². The van der Waals surface area contributed by atoms with Gasteiger partial charge >= 0.3 is 0 Å². The number of hydrogen-bond donors (Lipinski definition) is 2. The number of nitrogens with zero attached hydrogens (tertiary/aromatic N) is 1. The summed E-state index contributed by atoms with van der Waals surface area (Å²) in [5.41, 5.74) is 0.344. The number of hydrogen-bond acceptors (Lipinski definition) is 2. The van der Waals surface area contributed by atoms with Gasteiger partial charge in [0, 0.05) is 13.2 Å². The second-order valence-electron chi connectivity index (χ2n) is 6.98. The molecule has 0 amide bonds. The first-order valence-corrected chi connectivity index (χ1v) is 7.91. The van der Waals surface area contributed by atoms with Crippen LogP contribution in [0.2, 0.25) is 0 Å². The van der Waals surface area contributed by atoms with Gasteiger partial charge in [-0.15, -0.1) is 0 Å². The van der Waals surface area contributed by atoms with Gasteiger partial charge in [-0.1, -0.05) is 13.3 Å². The van der Waals surface area contributed by atoms with Crippen molar-refractivity contribution >= 4 is 0 Å². The maximum absolute atomic E-state index is 9.08. The molecule has 3 nitrogen and oxygen atoms in total. The average molecular weight is 354 g/mol. The van der Waals surface area contributed by atoms with Crippen molar-refractivity contribution in [1.82, 2.24) is 0 Å². The van der Waals surface area contributed by atoms with Crippen LogP contribution in [0.5, 0.6) is 0 Å². The van der Waals surface area contributed by atoms with E-state index in [1.807, 2.05) is 0 Å². The Labute approximate surface area is 136 Å². The molecule has 20 heavy (non-hydrogen) atoms. The van der Waals surface area contributed by atoms with Crippen LogP contribution in [-0.2, 0) is 0 Å². The highest BCUT2D eigenvalue weighted by atomic mass is 79.9. The Morgan fingerprint density at radius 3 is 1.60 bits per heavy atom. The fourth-order valence-corrected chi connectivity index (χ4v) is 2.90. The third-order valence-corrected chi connectivity index (χ3v) is 4.27. The van der Waals surface area contributed by atoms with Crippen LogP contribution in [0.3, 0.4) is 0 Å². The van der Waals surface area contributed by atoms with Crippen molar-refractivity contribution in [1.29, 1.82) is 0 Å². The predicted molar refractivity (Wildman–Crippen MR) is 82.1 cm³/mol. The third kappa shape index (κ3) is 11.1. The van der Waals surface area contributed by atoms with E-state index in [-0.39, 0.29) is 17.0 Å². The molecule has 0 radical (unpaired) electrons. The van der Waals surface area contributed by atoms with E-state index in [9.17, 15) is 0 Å². The van der Waals surface area contributed by atoms with Gasteiger partial charge < -0.3 is 31.7 Å². The lowest BCUT2D eigenvalue weighted by Gasteiger charge is -2.33. The second kappa shape index (κ2) is 12.0. The van der Waals surface area contributed by atoms with Crippen molar-refractivity contribution in [2.75, 3.05) is 40.9 Å². The summed E-state index contributed by atoms with van der Waals surface area (Å²) in [6.45, 7) is 4.06. The van der Waals surface area contributed by atoms with E-state index in [4.69, 9.17) is 10.2 Å². The highest BCUT2D eigenvalue weighted by Crippen LogP contribution is 2.38. The summed E-state index contributed by atoms with van der Waals surface area (Å²) in [5.74, 6) is 0. The SMILES string of the molecule is CCC(CCCO)(CCCO)CCCC[N+](C)(C)C.[Br-]. The molecule has 0 aromatic carbocycles. The molecule has 0 spiro atoms. The van der Waals surface area contributed by atoms with Crippen LogP contribution in [-0.4, -0.2) is 55.6 Å². The summed E-state index contributed by atoms with van der Waals surface area (Å²) in [5, 5.41) is 18.2. The van der Waals surface area contributed by atoms with Crippen LogP contribution in [0.4, 0.5) is 0 Å². The lowest BCUT2D eigenvalue weighted by Crippen LogP contribution is -3.00. The number of unbranched alkanes of at least 4 members (excludes halogenated alkanes) is 1. The quantitative estimate of drug-likeness (QED) is 0.377. The fourth-order valence-electron chi connectivity index (χ4n) is 2.90. The van der Waals surface area contributed by atoms with Crippen molar-refractivity contribution in [2.24, 2.45) is 5.41 Å². The lowest BCUT2D eigenvalue weighted by atomic mass is 9.73. The Kier molecular flexibility index (Phi) is 13.5. The summed E-state index contributed by atoms with van der Waals surface area (Å²) in [6, 6.07) is 0. The first-order chi connectivity index (χ1) is 8.89. The number of aliphatic hydroxyl groups excluding tert-OH is 2. The van der Waals surface area contributed by atoms with Crippen molar-refractivity contribution in [3.05, 3.63) is 0 Å². The molecule has 4 heteroatoms. The van der Waals surface area contributed by atoms with Gasteiger partial charge in [-0.3, -0.25) is 0 Å². The summed E-state index contributed by atoms with van der Waals surface area (Å²) in [6.07, 6.45) is 8.93. The van der Waals surface area contributed by atoms with Gasteiger partial charge in [-0.05, 0) is 50.4 Å². The smallest absolute Gasteiger partial charge is 0.0780 e. The Morgan fingerprint density at radius 2 is 1.25 bits per heavy atom. The molecule has 2 N–H and O–H groups in total. The molecule has 0 aromatic rings. The fraction of sp³-hybridized carbons (Fsp3) is 1.00. The van der Waals surface area contributed by atoms with Crippen LogP contribution in [0.15, 0.2) is 0 Å². The third-order valence-electron chi connectivity index (χ3n) is 4.27. The van der Waals surface area contributed by atoms with E-state index in [0.29, 0.717) is 18.6 Å². The number of aliphatic hydroxyl groups is 2. The summed E-state index contributed by atoms with van der Waals surface area (Å²) in [4.78, 5) is 0.